The number of amides is 2. The number of halogens is 1. The summed E-state index contributed by atoms with van der Waals surface area (Å²) in [5.74, 6) is -0.405. The quantitative estimate of drug-likeness (QED) is 0.425. The number of rotatable bonds is 7. The van der Waals surface area contributed by atoms with Crippen LogP contribution >= 0.6 is 0 Å². The summed E-state index contributed by atoms with van der Waals surface area (Å²) in [7, 11) is 1.93. The molecule has 1 aliphatic rings. The fraction of sp³-hybridized carbons (Fsp3) is 0.435. The third-order valence-corrected chi connectivity index (χ3v) is 5.20. The Bertz CT molecular complexity index is 919. The van der Waals surface area contributed by atoms with Crippen LogP contribution in [-0.4, -0.2) is 67.6 Å². The van der Waals surface area contributed by atoms with Crippen molar-refractivity contribution in [3.63, 3.8) is 0 Å². The molecule has 33 heavy (non-hydrogen) atoms. The number of furan rings is 1. The summed E-state index contributed by atoms with van der Waals surface area (Å²) in [5, 5.41) is 12.8. The Morgan fingerprint density at radius 3 is 2.67 bits per heavy atom. The van der Waals surface area contributed by atoms with Gasteiger partial charge in [0.25, 0.3) is 12.4 Å². The number of ether oxygens (including phenoxy) is 1. The molecule has 2 amide bonds. The summed E-state index contributed by atoms with van der Waals surface area (Å²) < 4.78 is 24.2. The molecule has 2 aromatic rings. The summed E-state index contributed by atoms with van der Waals surface area (Å²) in [5.41, 5.74) is 0.796. The first kappa shape index (κ1) is 25.9. The van der Waals surface area contributed by atoms with Gasteiger partial charge in [0, 0.05) is 24.7 Å². The number of carboxylic acid groups (broad SMARTS) is 1. The van der Waals surface area contributed by atoms with Gasteiger partial charge in [0.1, 0.15) is 6.61 Å². The Morgan fingerprint density at radius 2 is 2.00 bits per heavy atom. The average molecular weight is 464 g/mol. The van der Waals surface area contributed by atoms with E-state index in [1.807, 2.05) is 18.9 Å². The normalized spacial score (nSPS) is 18.3. The first-order valence-electron chi connectivity index (χ1n) is 10.6. The number of hydrogen-bond donors (Lipinski definition) is 3. The highest BCUT2D eigenvalue weighted by Crippen LogP contribution is 2.18. The van der Waals surface area contributed by atoms with E-state index in [1.54, 1.807) is 24.3 Å². The van der Waals surface area contributed by atoms with Crippen LogP contribution in [0, 0.1) is 18.7 Å². The first-order chi connectivity index (χ1) is 15.8. The molecular weight excluding hydrogens is 433 g/mol. The smallest absolute Gasteiger partial charge is 0.290 e. The molecule has 0 spiro atoms. The maximum atomic E-state index is 13.5. The number of hydrogen-bond acceptors (Lipinski definition) is 6. The summed E-state index contributed by atoms with van der Waals surface area (Å²) in [4.78, 5) is 35.4. The minimum absolute atomic E-state index is 0.0609. The van der Waals surface area contributed by atoms with Crippen molar-refractivity contribution in [2.75, 3.05) is 33.3 Å². The van der Waals surface area contributed by atoms with Gasteiger partial charge in [0.2, 0.25) is 5.91 Å². The van der Waals surface area contributed by atoms with E-state index in [2.05, 4.69) is 10.6 Å². The predicted octanol–water partition coefficient (Wildman–Crippen LogP) is 2.06. The maximum absolute atomic E-state index is 13.5. The second-order valence-electron chi connectivity index (χ2n) is 7.77. The fourth-order valence-corrected chi connectivity index (χ4v) is 3.64. The fourth-order valence-electron chi connectivity index (χ4n) is 3.64. The number of likely N-dealkylation sites (N-methyl/N-ethyl adjacent to an activating group) is 1. The van der Waals surface area contributed by atoms with E-state index in [0.29, 0.717) is 38.2 Å². The molecule has 3 N–H and O–H groups in total. The summed E-state index contributed by atoms with van der Waals surface area (Å²) in [6, 6.07) is 7.87. The van der Waals surface area contributed by atoms with Crippen LogP contribution in [0.3, 0.4) is 0 Å². The maximum Gasteiger partial charge on any atom is 0.290 e. The third kappa shape index (κ3) is 8.23. The number of para-hydroxylation sites is 1. The molecule has 9 nitrogen and oxygen atoms in total. The van der Waals surface area contributed by atoms with Crippen molar-refractivity contribution in [3.05, 3.63) is 53.7 Å². The molecule has 2 atom stereocenters. The molecule has 1 fully saturated rings. The van der Waals surface area contributed by atoms with Crippen LogP contribution < -0.4 is 15.4 Å². The van der Waals surface area contributed by atoms with E-state index >= 15 is 0 Å². The van der Waals surface area contributed by atoms with Gasteiger partial charge in [-0.1, -0.05) is 12.1 Å². The van der Waals surface area contributed by atoms with Gasteiger partial charge in [-0.3, -0.25) is 14.4 Å². The highest BCUT2D eigenvalue weighted by molar-refractivity contribution is 5.93. The van der Waals surface area contributed by atoms with Crippen molar-refractivity contribution in [1.82, 2.24) is 15.5 Å². The van der Waals surface area contributed by atoms with Crippen molar-refractivity contribution in [3.8, 4) is 5.75 Å². The predicted molar refractivity (Wildman–Crippen MR) is 119 cm³/mol. The molecule has 1 aromatic carbocycles. The first-order valence-corrected chi connectivity index (χ1v) is 10.6. The van der Waals surface area contributed by atoms with Crippen LogP contribution in [0.4, 0.5) is 4.39 Å². The molecule has 3 rings (SSSR count). The topological polar surface area (TPSA) is 121 Å². The lowest BCUT2D eigenvalue weighted by Crippen LogP contribution is -2.42. The Hall–Kier alpha value is -3.40. The van der Waals surface area contributed by atoms with Crippen LogP contribution in [-0.2, 0) is 9.59 Å². The van der Waals surface area contributed by atoms with Crippen LogP contribution in [0.1, 0.15) is 29.0 Å². The third-order valence-electron chi connectivity index (χ3n) is 5.20. The van der Waals surface area contributed by atoms with Crippen LogP contribution in [0.15, 0.2) is 41.0 Å². The monoisotopic (exact) mass is 463 g/mol. The zero-order valence-electron chi connectivity index (χ0n) is 18.8. The van der Waals surface area contributed by atoms with Crippen molar-refractivity contribution in [1.29, 1.82) is 0 Å². The zero-order chi connectivity index (χ0) is 24.2. The Morgan fingerprint density at radius 1 is 1.27 bits per heavy atom. The van der Waals surface area contributed by atoms with Gasteiger partial charge in [0.05, 0.1) is 18.7 Å². The molecule has 10 heteroatoms. The number of benzene rings is 1. The van der Waals surface area contributed by atoms with Crippen molar-refractivity contribution >= 4 is 18.3 Å². The Kier molecular flexibility index (Phi) is 10.4. The minimum Gasteiger partial charge on any atom is -0.489 e. The highest BCUT2D eigenvalue weighted by Gasteiger charge is 2.28. The van der Waals surface area contributed by atoms with Gasteiger partial charge >= 0.3 is 0 Å². The summed E-state index contributed by atoms with van der Waals surface area (Å²) in [6.07, 6.45) is 2.85. The second-order valence-corrected chi connectivity index (χ2v) is 7.77. The number of nitrogens with one attached hydrogen (secondary N) is 2. The number of aryl methyl sites for hydroxylation is 1. The van der Waals surface area contributed by atoms with Gasteiger partial charge in [-0.15, -0.1) is 0 Å². The van der Waals surface area contributed by atoms with Gasteiger partial charge in [-0.25, -0.2) is 4.39 Å². The average Bonchev–Trinajstić information content (AvgIpc) is 3.12. The highest BCUT2D eigenvalue weighted by atomic mass is 19.1. The molecule has 0 aliphatic carbocycles. The largest absolute Gasteiger partial charge is 0.489 e. The SMILES string of the molecule is Cc1ccoc1C(=O)N[C@H]1CC[C@@H](C(=O)NCCOc2ccccc2F)CN(C)C1.O=CO. The van der Waals surface area contributed by atoms with E-state index < -0.39 is 5.82 Å². The number of likely N-dealkylation sites (tertiary alicyclic amines) is 1. The zero-order valence-corrected chi connectivity index (χ0v) is 18.8. The molecule has 180 valence electrons. The number of carbonyl (C=O) groups is 3. The Balaban J connectivity index is 0.00000122. The van der Waals surface area contributed by atoms with E-state index in [1.165, 1.54) is 12.3 Å². The molecule has 0 bridgehead atoms. The molecule has 1 saturated heterocycles. The lowest BCUT2D eigenvalue weighted by molar-refractivity contribution is -0.125. The van der Waals surface area contributed by atoms with Gasteiger partial charge in [0.15, 0.2) is 17.3 Å². The molecule has 2 heterocycles. The molecule has 1 aliphatic heterocycles. The van der Waals surface area contributed by atoms with Gasteiger partial charge in [-0.2, -0.15) is 0 Å². The molecule has 0 unspecified atom stereocenters. The van der Waals surface area contributed by atoms with E-state index in [0.717, 1.165) is 5.56 Å². The van der Waals surface area contributed by atoms with Crippen LogP contribution in [0.5, 0.6) is 5.75 Å². The van der Waals surface area contributed by atoms with Crippen LogP contribution in [0.2, 0.25) is 0 Å². The second kappa shape index (κ2) is 13.2. The van der Waals surface area contributed by atoms with Crippen molar-refractivity contribution in [2.45, 2.75) is 25.8 Å². The van der Waals surface area contributed by atoms with E-state index in [4.69, 9.17) is 19.1 Å². The number of carbonyl (C=O) groups excluding carboxylic acids is 2. The molecule has 0 saturated carbocycles. The van der Waals surface area contributed by atoms with E-state index in [9.17, 15) is 14.0 Å². The molecular formula is C23H30FN3O6. The number of nitrogens with zero attached hydrogens (tertiary/aromatic N) is 1. The summed E-state index contributed by atoms with van der Waals surface area (Å²) in [6.45, 7) is 3.33. The Labute approximate surface area is 191 Å². The minimum atomic E-state index is -0.424. The lowest BCUT2D eigenvalue weighted by atomic mass is 10.0. The molecule has 1 aromatic heterocycles. The van der Waals surface area contributed by atoms with Crippen molar-refractivity contribution < 1.29 is 33.0 Å². The van der Waals surface area contributed by atoms with Crippen molar-refractivity contribution in [2.24, 2.45) is 5.92 Å². The molecule has 0 radical (unpaired) electrons. The van der Waals surface area contributed by atoms with Gasteiger partial charge in [-0.05, 0) is 45.0 Å². The summed E-state index contributed by atoms with van der Waals surface area (Å²) >= 11 is 0. The van der Waals surface area contributed by atoms with E-state index in [-0.39, 0.29) is 42.6 Å². The lowest BCUT2D eigenvalue weighted by Gasteiger charge is -2.21. The van der Waals surface area contributed by atoms with Crippen LogP contribution in [0.25, 0.3) is 0 Å². The van der Waals surface area contributed by atoms with Gasteiger partial charge < -0.3 is 29.8 Å². The standard InChI is InChI=1S/C22H28FN3O4.CH2O2/c1-15-9-11-30-20(15)22(28)25-17-8-7-16(13-26(2)14-17)21(27)24-10-12-29-19-6-4-3-5-18(19)23;2-1-3/h3-6,9,11,16-17H,7-8,10,12-14H2,1-2H3,(H,24,27)(H,25,28);1H,(H,2,3)/t16-,17+;/m1./s1.